The summed E-state index contributed by atoms with van der Waals surface area (Å²) in [6.45, 7) is 6.56. The summed E-state index contributed by atoms with van der Waals surface area (Å²) >= 11 is 1.43. The monoisotopic (exact) mass is 439 g/mol. The summed E-state index contributed by atoms with van der Waals surface area (Å²) in [6.07, 6.45) is 3.43. The number of alkyl carbamates (subject to hydrolysis) is 1. The van der Waals surface area contributed by atoms with Gasteiger partial charge in [-0.1, -0.05) is 0 Å². The summed E-state index contributed by atoms with van der Waals surface area (Å²) in [6, 6.07) is 5.02. The lowest BCUT2D eigenvalue weighted by molar-refractivity contribution is 0.0513. The van der Waals surface area contributed by atoms with E-state index in [9.17, 15) is 13.2 Å². The summed E-state index contributed by atoms with van der Waals surface area (Å²) in [5.74, 6) is 0.721. The molecule has 0 radical (unpaired) electrons. The maximum atomic E-state index is 12.6. The molecule has 1 saturated carbocycles. The van der Waals surface area contributed by atoms with Gasteiger partial charge >= 0.3 is 6.09 Å². The number of sulfonamides is 1. The van der Waals surface area contributed by atoms with Crippen molar-refractivity contribution >= 4 is 37.7 Å². The van der Waals surface area contributed by atoms with Crippen LogP contribution >= 0.6 is 11.3 Å². The van der Waals surface area contributed by atoms with Crippen LogP contribution in [0.15, 0.2) is 28.6 Å². The van der Waals surface area contributed by atoms with Crippen LogP contribution in [0, 0.1) is 11.8 Å². The molecule has 0 unspecified atom stereocenters. The van der Waals surface area contributed by atoms with Gasteiger partial charge in [0.25, 0.3) is 0 Å². The summed E-state index contributed by atoms with van der Waals surface area (Å²) in [7, 11) is -3.53. The molecular formula is C20H29N3O4S2. The van der Waals surface area contributed by atoms with Gasteiger partial charge < -0.3 is 10.1 Å². The number of carbonyl (C=O) groups is 1. The van der Waals surface area contributed by atoms with Gasteiger partial charge in [0.2, 0.25) is 10.0 Å². The highest BCUT2D eigenvalue weighted by atomic mass is 32.2. The number of thiazole rings is 1. The third kappa shape index (κ3) is 6.38. The lowest BCUT2D eigenvalue weighted by atomic mass is 9.82. The number of carbonyl (C=O) groups excluding carboxylic acids is 1. The van der Waals surface area contributed by atoms with E-state index in [2.05, 4.69) is 15.0 Å². The van der Waals surface area contributed by atoms with Gasteiger partial charge in [-0.2, -0.15) is 0 Å². The number of hydrogen-bond acceptors (Lipinski definition) is 6. The Morgan fingerprint density at radius 1 is 1.17 bits per heavy atom. The van der Waals surface area contributed by atoms with E-state index >= 15 is 0 Å². The first-order chi connectivity index (χ1) is 13.6. The predicted octanol–water partition coefficient (Wildman–Crippen LogP) is 3.91. The molecule has 7 nitrogen and oxygen atoms in total. The predicted molar refractivity (Wildman–Crippen MR) is 114 cm³/mol. The smallest absolute Gasteiger partial charge is 0.407 e. The number of amides is 1. The van der Waals surface area contributed by atoms with Crippen LogP contribution in [-0.4, -0.2) is 38.2 Å². The minimum absolute atomic E-state index is 0.282. The molecule has 3 rings (SSSR count). The molecule has 1 heterocycles. The van der Waals surface area contributed by atoms with Gasteiger partial charge in [-0.3, -0.25) is 0 Å². The minimum atomic E-state index is -3.53. The Labute approximate surface area is 176 Å². The van der Waals surface area contributed by atoms with Crippen molar-refractivity contribution in [3.63, 3.8) is 0 Å². The van der Waals surface area contributed by atoms with Crippen molar-refractivity contribution in [1.29, 1.82) is 0 Å². The Hall–Kier alpha value is -1.71. The number of nitrogens with one attached hydrogen (secondary N) is 2. The Bertz CT molecular complexity index is 942. The first kappa shape index (κ1) is 22.0. The van der Waals surface area contributed by atoms with E-state index < -0.39 is 15.6 Å². The molecule has 0 bridgehead atoms. The van der Waals surface area contributed by atoms with E-state index in [4.69, 9.17) is 4.74 Å². The van der Waals surface area contributed by atoms with Gasteiger partial charge in [0.1, 0.15) is 5.60 Å². The fraction of sp³-hybridized carbons (Fsp3) is 0.600. The number of hydrogen-bond donors (Lipinski definition) is 2. The normalized spacial score (nSPS) is 20.5. The summed E-state index contributed by atoms with van der Waals surface area (Å²) < 4.78 is 34.1. The van der Waals surface area contributed by atoms with Crippen LogP contribution in [0.4, 0.5) is 4.79 Å². The van der Waals surface area contributed by atoms with Crippen LogP contribution in [0.5, 0.6) is 0 Å². The van der Waals surface area contributed by atoms with Crippen molar-refractivity contribution in [2.75, 3.05) is 13.1 Å². The highest BCUT2D eigenvalue weighted by molar-refractivity contribution is 7.89. The van der Waals surface area contributed by atoms with E-state index in [1.165, 1.54) is 11.3 Å². The maximum Gasteiger partial charge on any atom is 0.407 e. The van der Waals surface area contributed by atoms with Crippen LogP contribution in [0.1, 0.15) is 46.5 Å². The molecule has 1 amide bonds. The topological polar surface area (TPSA) is 97.4 Å². The Balaban J connectivity index is 1.43. The van der Waals surface area contributed by atoms with Crippen molar-refractivity contribution in [2.45, 2.75) is 57.0 Å². The lowest BCUT2D eigenvalue weighted by Crippen LogP contribution is -2.37. The molecule has 1 aliphatic rings. The summed E-state index contributed by atoms with van der Waals surface area (Å²) in [5.41, 5.74) is 2.03. The third-order valence-corrected chi connectivity index (χ3v) is 7.29. The zero-order chi connectivity index (χ0) is 21.1. The van der Waals surface area contributed by atoms with Crippen LogP contribution in [0.3, 0.4) is 0 Å². The van der Waals surface area contributed by atoms with E-state index in [1.807, 2.05) is 20.8 Å². The van der Waals surface area contributed by atoms with Gasteiger partial charge in [-0.15, -0.1) is 11.3 Å². The van der Waals surface area contributed by atoms with Crippen molar-refractivity contribution in [3.05, 3.63) is 23.7 Å². The SMILES string of the molecule is CC(C)(C)OC(=O)NC[C@H]1CC[C@H](CNS(=O)(=O)c2ccc3ncsc3c2)CC1. The van der Waals surface area contributed by atoms with Crippen LogP contribution in [0.25, 0.3) is 10.2 Å². The number of rotatable bonds is 6. The van der Waals surface area contributed by atoms with Crippen molar-refractivity contribution in [3.8, 4) is 0 Å². The second-order valence-electron chi connectivity index (χ2n) is 8.60. The standard InChI is InChI=1S/C20H29N3O4S2/c1-20(2,3)27-19(24)21-11-14-4-6-15(7-5-14)12-23-29(25,26)16-8-9-17-18(10-16)28-13-22-17/h8-10,13-15,23H,4-7,11-12H2,1-3H3,(H,21,24)/t14-,15-. The number of ether oxygens (including phenoxy) is 1. The largest absolute Gasteiger partial charge is 0.444 e. The average molecular weight is 440 g/mol. The molecule has 9 heteroatoms. The molecule has 1 fully saturated rings. The van der Waals surface area contributed by atoms with Gasteiger partial charge in [0.05, 0.1) is 20.6 Å². The first-order valence-electron chi connectivity index (χ1n) is 9.92. The second-order valence-corrected chi connectivity index (χ2v) is 11.3. The van der Waals surface area contributed by atoms with Crippen molar-refractivity contribution < 1.29 is 17.9 Å². The zero-order valence-electron chi connectivity index (χ0n) is 17.1. The average Bonchev–Trinajstić information content (AvgIpc) is 3.12. The summed E-state index contributed by atoms with van der Waals surface area (Å²) in [5, 5.41) is 2.84. The molecule has 0 saturated heterocycles. The fourth-order valence-corrected chi connectivity index (χ4v) is 5.43. The number of aromatic nitrogens is 1. The molecule has 160 valence electrons. The number of nitrogens with zero attached hydrogens (tertiary/aromatic N) is 1. The molecule has 0 spiro atoms. The third-order valence-electron chi connectivity index (χ3n) is 5.08. The molecule has 1 aliphatic carbocycles. The highest BCUT2D eigenvalue weighted by Gasteiger charge is 2.24. The zero-order valence-corrected chi connectivity index (χ0v) is 18.7. The highest BCUT2D eigenvalue weighted by Crippen LogP contribution is 2.28. The van der Waals surface area contributed by atoms with E-state index in [0.717, 1.165) is 35.9 Å². The Morgan fingerprint density at radius 2 is 1.83 bits per heavy atom. The van der Waals surface area contributed by atoms with Crippen LogP contribution < -0.4 is 10.0 Å². The molecule has 2 N–H and O–H groups in total. The van der Waals surface area contributed by atoms with Crippen molar-refractivity contribution in [2.24, 2.45) is 11.8 Å². The molecule has 29 heavy (non-hydrogen) atoms. The van der Waals surface area contributed by atoms with Gasteiger partial charge in [0.15, 0.2) is 0 Å². The Kier molecular flexibility index (Phi) is 6.80. The van der Waals surface area contributed by atoms with Crippen LogP contribution in [0.2, 0.25) is 0 Å². The number of fused-ring (bicyclic) bond motifs is 1. The van der Waals surface area contributed by atoms with Gasteiger partial charge in [-0.25, -0.2) is 22.9 Å². The van der Waals surface area contributed by atoms with Gasteiger partial charge in [-0.05, 0) is 76.5 Å². The van der Waals surface area contributed by atoms with Crippen LogP contribution in [-0.2, 0) is 14.8 Å². The van der Waals surface area contributed by atoms with E-state index in [1.54, 1.807) is 23.7 Å². The van der Waals surface area contributed by atoms with Crippen molar-refractivity contribution in [1.82, 2.24) is 15.0 Å². The maximum absolute atomic E-state index is 12.6. The molecule has 0 atom stereocenters. The minimum Gasteiger partial charge on any atom is -0.444 e. The van der Waals surface area contributed by atoms with E-state index in [0.29, 0.717) is 24.9 Å². The summed E-state index contributed by atoms with van der Waals surface area (Å²) in [4.78, 5) is 16.2. The molecule has 1 aromatic carbocycles. The molecule has 0 aliphatic heterocycles. The quantitative estimate of drug-likeness (QED) is 0.711. The Morgan fingerprint density at radius 3 is 2.48 bits per heavy atom. The molecule has 2 aromatic rings. The first-order valence-corrected chi connectivity index (χ1v) is 12.3. The van der Waals surface area contributed by atoms with E-state index in [-0.39, 0.29) is 11.0 Å². The molecule has 1 aromatic heterocycles. The lowest BCUT2D eigenvalue weighted by Gasteiger charge is -2.29. The number of benzene rings is 1. The second kappa shape index (κ2) is 8.97. The molecular weight excluding hydrogens is 410 g/mol. The fourth-order valence-electron chi connectivity index (χ4n) is 3.50. The van der Waals surface area contributed by atoms with Gasteiger partial charge in [0, 0.05) is 13.1 Å².